The van der Waals surface area contributed by atoms with Gasteiger partial charge in [-0.1, -0.05) is 41.2 Å². The van der Waals surface area contributed by atoms with Gasteiger partial charge in [-0.25, -0.2) is 0 Å². The van der Waals surface area contributed by atoms with Crippen molar-refractivity contribution < 1.29 is 5.48 Å². The lowest BCUT2D eigenvalue weighted by Crippen LogP contribution is -2.32. The van der Waals surface area contributed by atoms with E-state index in [9.17, 15) is 0 Å². The van der Waals surface area contributed by atoms with Crippen molar-refractivity contribution in [3.8, 4) is 0 Å². The van der Waals surface area contributed by atoms with Gasteiger partial charge in [0.2, 0.25) is 0 Å². The fourth-order valence-electron chi connectivity index (χ4n) is 1.29. The minimum atomic E-state index is 0. The van der Waals surface area contributed by atoms with Crippen LogP contribution in [0.4, 0.5) is 0 Å². The molecule has 0 aromatic carbocycles. The summed E-state index contributed by atoms with van der Waals surface area (Å²) in [5.41, 5.74) is 1.45. The van der Waals surface area contributed by atoms with Crippen molar-refractivity contribution >= 4 is 0 Å². The van der Waals surface area contributed by atoms with E-state index in [2.05, 4.69) is 51.8 Å². The minimum absolute atomic E-state index is 0. The van der Waals surface area contributed by atoms with Gasteiger partial charge in [0.15, 0.2) is 0 Å². The van der Waals surface area contributed by atoms with Gasteiger partial charge in [-0.05, 0) is 18.4 Å². The largest absolute Gasteiger partial charge is 0.412 e. The summed E-state index contributed by atoms with van der Waals surface area (Å²) in [7, 11) is 0. The van der Waals surface area contributed by atoms with Gasteiger partial charge in [-0.2, -0.15) is 0 Å². The molecule has 1 unspecified atom stereocenters. The molecule has 0 aliphatic rings. The summed E-state index contributed by atoms with van der Waals surface area (Å²) in [4.78, 5) is 0. The highest BCUT2D eigenvalue weighted by Crippen LogP contribution is 2.29. The van der Waals surface area contributed by atoms with Crippen LogP contribution in [0.1, 0.15) is 41.0 Å². The first kappa shape index (κ1) is 17.8. The molecular weight excluding hydrogens is 200 g/mol. The molecule has 0 aliphatic heterocycles. The van der Waals surface area contributed by atoms with E-state index in [4.69, 9.17) is 0 Å². The Kier molecular flexibility index (Phi) is 9.58. The van der Waals surface area contributed by atoms with Crippen molar-refractivity contribution in [3.63, 3.8) is 0 Å². The molecule has 3 heteroatoms. The average molecular weight is 230 g/mol. The smallest absolute Gasteiger partial charge is 0.0269 e. The van der Waals surface area contributed by atoms with E-state index < -0.39 is 0 Å². The second-order valence-electron chi connectivity index (χ2n) is 5.29. The molecule has 0 saturated heterocycles. The normalized spacial score (nSPS) is 12.8. The molecule has 98 valence electrons. The summed E-state index contributed by atoms with van der Waals surface area (Å²) >= 11 is 0. The van der Waals surface area contributed by atoms with Crippen molar-refractivity contribution in [2.24, 2.45) is 11.3 Å². The van der Waals surface area contributed by atoms with Crippen molar-refractivity contribution in [2.45, 2.75) is 41.0 Å². The lowest BCUT2D eigenvalue weighted by Gasteiger charge is -2.29. The van der Waals surface area contributed by atoms with E-state index in [0.717, 1.165) is 25.3 Å². The molecule has 3 nitrogen and oxygen atoms in total. The van der Waals surface area contributed by atoms with Crippen LogP contribution in [0.25, 0.3) is 0 Å². The summed E-state index contributed by atoms with van der Waals surface area (Å²) in [6.45, 7) is 18.4. The van der Waals surface area contributed by atoms with Gasteiger partial charge in [-0.15, -0.1) is 0 Å². The zero-order valence-corrected chi connectivity index (χ0v) is 11.6. The Morgan fingerprint density at radius 1 is 1.19 bits per heavy atom. The molecule has 0 amide bonds. The molecule has 0 aliphatic carbocycles. The first-order valence-electron chi connectivity index (χ1n) is 6.03. The summed E-state index contributed by atoms with van der Waals surface area (Å²) in [6, 6.07) is 0. The first-order chi connectivity index (χ1) is 6.89. The summed E-state index contributed by atoms with van der Waals surface area (Å²) in [5.74, 6) is 0.503. The maximum Gasteiger partial charge on any atom is 0.0269 e. The minimum Gasteiger partial charge on any atom is -0.412 e. The number of nitrogens with one attached hydrogen (secondary N) is 2. The standard InChI is InChI=1S/C13H28N2.H2O/c1-7-8-14-9-10-15-12(3)11(2)13(4,5)6;/h11,14-15H,3,7-10H2,1-2,4-6H3;1H2. The predicted octanol–water partition coefficient (Wildman–Crippen LogP) is 1.95. The third kappa shape index (κ3) is 7.71. The van der Waals surface area contributed by atoms with E-state index in [-0.39, 0.29) is 5.48 Å². The lowest BCUT2D eigenvalue weighted by molar-refractivity contribution is 0.289. The van der Waals surface area contributed by atoms with Crippen LogP contribution in [0.5, 0.6) is 0 Å². The van der Waals surface area contributed by atoms with Crippen molar-refractivity contribution in [3.05, 3.63) is 12.3 Å². The average Bonchev–Trinajstić information content (AvgIpc) is 2.14. The van der Waals surface area contributed by atoms with Gasteiger partial charge in [0.25, 0.3) is 0 Å². The van der Waals surface area contributed by atoms with Crippen LogP contribution in [0.3, 0.4) is 0 Å². The van der Waals surface area contributed by atoms with Gasteiger partial charge in [0, 0.05) is 24.7 Å². The van der Waals surface area contributed by atoms with Gasteiger partial charge in [0.05, 0.1) is 0 Å². The Morgan fingerprint density at radius 3 is 2.19 bits per heavy atom. The Labute approximate surface area is 101 Å². The fourth-order valence-corrected chi connectivity index (χ4v) is 1.29. The molecule has 4 N–H and O–H groups in total. The van der Waals surface area contributed by atoms with Gasteiger partial charge < -0.3 is 16.1 Å². The molecule has 0 radical (unpaired) electrons. The molecule has 0 aromatic rings. The summed E-state index contributed by atoms with van der Waals surface area (Å²) in [5, 5.41) is 6.76. The number of hydrogen-bond donors (Lipinski definition) is 2. The van der Waals surface area contributed by atoms with E-state index >= 15 is 0 Å². The first-order valence-corrected chi connectivity index (χ1v) is 6.03. The highest BCUT2D eigenvalue weighted by Gasteiger charge is 2.21. The highest BCUT2D eigenvalue weighted by atomic mass is 16.0. The molecule has 0 bridgehead atoms. The molecule has 0 aromatic heterocycles. The van der Waals surface area contributed by atoms with Crippen molar-refractivity contribution in [1.29, 1.82) is 0 Å². The lowest BCUT2D eigenvalue weighted by atomic mass is 9.80. The molecule has 0 fully saturated rings. The Morgan fingerprint density at radius 2 is 1.75 bits per heavy atom. The third-order valence-corrected chi connectivity index (χ3v) is 2.90. The third-order valence-electron chi connectivity index (χ3n) is 2.90. The maximum atomic E-state index is 4.10. The van der Waals surface area contributed by atoms with E-state index in [1.807, 2.05) is 0 Å². The molecule has 0 spiro atoms. The van der Waals surface area contributed by atoms with E-state index in [1.54, 1.807) is 0 Å². The van der Waals surface area contributed by atoms with Gasteiger partial charge in [-0.3, -0.25) is 0 Å². The number of rotatable bonds is 7. The zero-order valence-electron chi connectivity index (χ0n) is 11.6. The maximum absolute atomic E-state index is 4.10. The van der Waals surface area contributed by atoms with Crippen LogP contribution in [0.15, 0.2) is 12.3 Å². The fraction of sp³-hybridized carbons (Fsp3) is 0.846. The Hall–Kier alpha value is -0.540. The van der Waals surface area contributed by atoms with Crippen LogP contribution in [0.2, 0.25) is 0 Å². The van der Waals surface area contributed by atoms with E-state index in [0.29, 0.717) is 11.3 Å². The van der Waals surface area contributed by atoms with Crippen LogP contribution >= 0.6 is 0 Å². The van der Waals surface area contributed by atoms with Crippen LogP contribution in [0, 0.1) is 11.3 Å². The summed E-state index contributed by atoms with van der Waals surface area (Å²) < 4.78 is 0. The molecule has 0 rings (SSSR count). The molecule has 16 heavy (non-hydrogen) atoms. The second kappa shape index (κ2) is 8.59. The molecule has 1 atom stereocenters. The monoisotopic (exact) mass is 230 g/mol. The number of hydrogen-bond acceptors (Lipinski definition) is 2. The quantitative estimate of drug-likeness (QED) is 0.657. The summed E-state index contributed by atoms with van der Waals surface area (Å²) in [6.07, 6.45) is 1.19. The Balaban J connectivity index is 0. The molecule has 0 heterocycles. The second-order valence-corrected chi connectivity index (χ2v) is 5.29. The molecule has 0 saturated carbocycles. The topological polar surface area (TPSA) is 55.6 Å². The highest BCUT2D eigenvalue weighted by molar-refractivity contribution is 5.00. The van der Waals surface area contributed by atoms with Gasteiger partial charge >= 0.3 is 0 Å². The van der Waals surface area contributed by atoms with Gasteiger partial charge in [0.1, 0.15) is 0 Å². The Bertz CT molecular complexity index is 185. The molecular formula is C13H30N2O. The van der Waals surface area contributed by atoms with Crippen LogP contribution in [-0.4, -0.2) is 25.1 Å². The predicted molar refractivity (Wildman–Crippen MR) is 72.5 cm³/mol. The zero-order chi connectivity index (χ0) is 11.9. The SMILES string of the molecule is C=C(NCCNCCC)C(C)C(C)(C)C.O. The van der Waals surface area contributed by atoms with Crippen LogP contribution < -0.4 is 10.6 Å². The number of allylic oxidation sites excluding steroid dienone is 1. The van der Waals surface area contributed by atoms with E-state index in [1.165, 1.54) is 6.42 Å². The van der Waals surface area contributed by atoms with Crippen LogP contribution in [-0.2, 0) is 0 Å². The van der Waals surface area contributed by atoms with Crippen molar-refractivity contribution in [1.82, 2.24) is 10.6 Å². The van der Waals surface area contributed by atoms with Crippen molar-refractivity contribution in [2.75, 3.05) is 19.6 Å².